The van der Waals surface area contributed by atoms with Gasteiger partial charge in [-0.05, 0) is 64.6 Å². The van der Waals surface area contributed by atoms with E-state index in [-0.39, 0.29) is 0 Å². The minimum Gasteiger partial charge on any atom is -0.330 e. The molecule has 1 saturated heterocycles. The molecule has 2 rings (SSSR count). The third kappa shape index (κ3) is 3.43. The second-order valence-electron chi connectivity index (χ2n) is 6.18. The van der Waals surface area contributed by atoms with Gasteiger partial charge in [0.25, 0.3) is 0 Å². The van der Waals surface area contributed by atoms with E-state index in [0.717, 1.165) is 18.4 Å². The number of rotatable bonds is 5. The van der Waals surface area contributed by atoms with Gasteiger partial charge in [-0.1, -0.05) is 6.42 Å². The summed E-state index contributed by atoms with van der Waals surface area (Å²) in [5, 5.41) is 3.78. The van der Waals surface area contributed by atoms with Crippen LogP contribution in [0.4, 0.5) is 0 Å². The first-order valence-electron chi connectivity index (χ1n) is 7.38. The molecule has 17 heavy (non-hydrogen) atoms. The van der Waals surface area contributed by atoms with E-state index in [0.29, 0.717) is 12.1 Å². The fourth-order valence-electron chi connectivity index (χ4n) is 3.40. The SMILES string of the molecule is CC(C)N1CCC(CNC2CCCC2CN)C1. The Morgan fingerprint density at radius 2 is 2.12 bits per heavy atom. The molecule has 1 aliphatic carbocycles. The Morgan fingerprint density at radius 3 is 2.76 bits per heavy atom. The Morgan fingerprint density at radius 1 is 1.29 bits per heavy atom. The molecule has 1 saturated carbocycles. The van der Waals surface area contributed by atoms with Crippen LogP contribution in [0, 0.1) is 11.8 Å². The topological polar surface area (TPSA) is 41.3 Å². The van der Waals surface area contributed by atoms with Crippen LogP contribution in [0.25, 0.3) is 0 Å². The number of likely N-dealkylation sites (tertiary alicyclic amines) is 1. The normalized spacial score (nSPS) is 34.9. The van der Waals surface area contributed by atoms with Crippen LogP contribution < -0.4 is 11.1 Å². The lowest BCUT2D eigenvalue weighted by Gasteiger charge is -2.23. The molecule has 3 nitrogen and oxygen atoms in total. The number of nitrogens with one attached hydrogen (secondary N) is 1. The smallest absolute Gasteiger partial charge is 0.0107 e. The van der Waals surface area contributed by atoms with E-state index in [1.807, 2.05) is 0 Å². The van der Waals surface area contributed by atoms with Gasteiger partial charge in [-0.15, -0.1) is 0 Å². The molecule has 0 bridgehead atoms. The molecule has 0 spiro atoms. The highest BCUT2D eigenvalue weighted by Crippen LogP contribution is 2.25. The zero-order valence-corrected chi connectivity index (χ0v) is 11.5. The highest BCUT2D eigenvalue weighted by atomic mass is 15.2. The second-order valence-corrected chi connectivity index (χ2v) is 6.18. The number of hydrogen-bond donors (Lipinski definition) is 2. The van der Waals surface area contributed by atoms with Crippen LogP contribution in [0.3, 0.4) is 0 Å². The summed E-state index contributed by atoms with van der Waals surface area (Å²) in [4.78, 5) is 2.60. The Labute approximate surface area is 106 Å². The lowest BCUT2D eigenvalue weighted by Crippen LogP contribution is -2.39. The fraction of sp³-hybridized carbons (Fsp3) is 1.00. The van der Waals surface area contributed by atoms with Crippen molar-refractivity contribution in [2.45, 2.75) is 51.6 Å². The molecule has 2 fully saturated rings. The van der Waals surface area contributed by atoms with E-state index in [4.69, 9.17) is 5.73 Å². The second kappa shape index (κ2) is 6.17. The van der Waals surface area contributed by atoms with Gasteiger partial charge in [0.1, 0.15) is 0 Å². The number of nitrogens with zero attached hydrogens (tertiary/aromatic N) is 1. The Balaban J connectivity index is 1.69. The van der Waals surface area contributed by atoms with Crippen LogP contribution >= 0.6 is 0 Å². The van der Waals surface area contributed by atoms with Crippen molar-refractivity contribution >= 4 is 0 Å². The number of hydrogen-bond acceptors (Lipinski definition) is 3. The molecule has 0 aromatic rings. The first-order valence-corrected chi connectivity index (χ1v) is 7.38. The highest BCUT2D eigenvalue weighted by Gasteiger charge is 2.28. The van der Waals surface area contributed by atoms with E-state index >= 15 is 0 Å². The molecule has 1 heterocycles. The van der Waals surface area contributed by atoms with Crippen LogP contribution in [0.2, 0.25) is 0 Å². The predicted octanol–water partition coefficient (Wildman–Crippen LogP) is 1.43. The maximum atomic E-state index is 5.82. The van der Waals surface area contributed by atoms with Crippen molar-refractivity contribution < 1.29 is 0 Å². The molecule has 3 atom stereocenters. The summed E-state index contributed by atoms with van der Waals surface area (Å²) in [5.74, 6) is 1.59. The molecule has 3 N–H and O–H groups in total. The summed E-state index contributed by atoms with van der Waals surface area (Å²) in [6, 6.07) is 1.41. The summed E-state index contributed by atoms with van der Waals surface area (Å²) in [7, 11) is 0. The minimum atomic E-state index is 0.702. The van der Waals surface area contributed by atoms with Crippen LogP contribution in [0.5, 0.6) is 0 Å². The maximum Gasteiger partial charge on any atom is 0.0107 e. The largest absolute Gasteiger partial charge is 0.330 e. The summed E-state index contributed by atoms with van der Waals surface area (Å²) < 4.78 is 0. The summed E-state index contributed by atoms with van der Waals surface area (Å²) in [5.41, 5.74) is 5.82. The van der Waals surface area contributed by atoms with Crippen molar-refractivity contribution in [3.8, 4) is 0 Å². The van der Waals surface area contributed by atoms with Crippen LogP contribution in [0.15, 0.2) is 0 Å². The fourth-order valence-corrected chi connectivity index (χ4v) is 3.40. The molecule has 0 aromatic carbocycles. The van der Waals surface area contributed by atoms with Gasteiger partial charge >= 0.3 is 0 Å². The molecule has 1 aliphatic heterocycles. The summed E-state index contributed by atoms with van der Waals surface area (Å²) in [6.45, 7) is 9.24. The quantitative estimate of drug-likeness (QED) is 0.763. The van der Waals surface area contributed by atoms with Crippen molar-refractivity contribution in [2.24, 2.45) is 17.6 Å². The van der Waals surface area contributed by atoms with Gasteiger partial charge in [0, 0.05) is 18.6 Å². The molecule has 0 radical (unpaired) electrons. The Hall–Kier alpha value is -0.120. The molecule has 0 amide bonds. The predicted molar refractivity (Wildman–Crippen MR) is 73.0 cm³/mol. The Bertz CT molecular complexity index is 230. The van der Waals surface area contributed by atoms with E-state index < -0.39 is 0 Å². The molecule has 100 valence electrons. The average Bonchev–Trinajstić information content (AvgIpc) is 2.95. The molecular formula is C14H29N3. The van der Waals surface area contributed by atoms with Crippen molar-refractivity contribution in [3.63, 3.8) is 0 Å². The van der Waals surface area contributed by atoms with Crippen LogP contribution in [-0.2, 0) is 0 Å². The maximum absolute atomic E-state index is 5.82. The summed E-state index contributed by atoms with van der Waals surface area (Å²) >= 11 is 0. The molecule has 3 heteroatoms. The third-order valence-electron chi connectivity index (χ3n) is 4.68. The van der Waals surface area contributed by atoms with E-state index in [1.54, 1.807) is 0 Å². The standard InChI is InChI=1S/C14H29N3/c1-11(2)17-7-6-12(10-17)9-16-14-5-3-4-13(14)8-15/h11-14,16H,3-10,15H2,1-2H3. The monoisotopic (exact) mass is 239 g/mol. The molecular weight excluding hydrogens is 210 g/mol. The molecule has 3 unspecified atom stereocenters. The Kier molecular flexibility index (Phi) is 4.83. The first kappa shape index (κ1) is 13.3. The van der Waals surface area contributed by atoms with Crippen LogP contribution in [-0.4, -0.2) is 43.2 Å². The van der Waals surface area contributed by atoms with Gasteiger partial charge in [0.2, 0.25) is 0 Å². The average molecular weight is 239 g/mol. The summed E-state index contributed by atoms with van der Waals surface area (Å²) in [6.07, 6.45) is 5.40. The van der Waals surface area contributed by atoms with E-state index in [2.05, 4.69) is 24.1 Å². The molecule has 2 aliphatic rings. The zero-order chi connectivity index (χ0) is 12.3. The van der Waals surface area contributed by atoms with Gasteiger partial charge < -0.3 is 16.0 Å². The zero-order valence-electron chi connectivity index (χ0n) is 11.5. The van der Waals surface area contributed by atoms with E-state index in [9.17, 15) is 0 Å². The van der Waals surface area contributed by atoms with Gasteiger partial charge in [0.15, 0.2) is 0 Å². The van der Waals surface area contributed by atoms with Gasteiger partial charge in [-0.2, -0.15) is 0 Å². The van der Waals surface area contributed by atoms with Crippen LogP contribution in [0.1, 0.15) is 39.5 Å². The van der Waals surface area contributed by atoms with Crippen molar-refractivity contribution in [3.05, 3.63) is 0 Å². The minimum absolute atomic E-state index is 0.702. The number of nitrogens with two attached hydrogens (primary N) is 1. The third-order valence-corrected chi connectivity index (χ3v) is 4.68. The van der Waals surface area contributed by atoms with Gasteiger partial charge in [-0.3, -0.25) is 0 Å². The van der Waals surface area contributed by atoms with Crippen molar-refractivity contribution in [1.29, 1.82) is 0 Å². The first-order chi connectivity index (χ1) is 8.20. The van der Waals surface area contributed by atoms with Gasteiger partial charge in [-0.25, -0.2) is 0 Å². The lowest BCUT2D eigenvalue weighted by atomic mass is 10.0. The van der Waals surface area contributed by atoms with E-state index in [1.165, 1.54) is 45.3 Å². The highest BCUT2D eigenvalue weighted by molar-refractivity contribution is 4.86. The van der Waals surface area contributed by atoms with Crippen molar-refractivity contribution in [2.75, 3.05) is 26.2 Å². The lowest BCUT2D eigenvalue weighted by molar-refractivity contribution is 0.261. The van der Waals surface area contributed by atoms with Gasteiger partial charge in [0.05, 0.1) is 0 Å². The van der Waals surface area contributed by atoms with Crippen molar-refractivity contribution in [1.82, 2.24) is 10.2 Å². The molecule has 0 aromatic heterocycles.